The molecule has 1 atom stereocenters. The van der Waals surface area contributed by atoms with E-state index >= 15 is 0 Å². The Labute approximate surface area is 168 Å². The van der Waals surface area contributed by atoms with Crippen LogP contribution in [0.15, 0.2) is 47.0 Å². The van der Waals surface area contributed by atoms with Gasteiger partial charge in [0.05, 0.1) is 19.8 Å². The SMILES string of the molecule is COc1ccc(C(=O)N2c3ccccc3CC2c2nc(C3CC3)no2)c(OC)c1. The summed E-state index contributed by atoms with van der Waals surface area (Å²) in [5.74, 6) is 2.52. The van der Waals surface area contributed by atoms with E-state index in [1.165, 1.54) is 0 Å². The van der Waals surface area contributed by atoms with Gasteiger partial charge in [0.15, 0.2) is 5.82 Å². The first-order valence-corrected chi connectivity index (χ1v) is 9.66. The molecule has 148 valence electrons. The molecule has 7 heteroatoms. The highest BCUT2D eigenvalue weighted by molar-refractivity contribution is 6.09. The summed E-state index contributed by atoms with van der Waals surface area (Å²) in [4.78, 5) is 20.0. The topological polar surface area (TPSA) is 77.7 Å². The monoisotopic (exact) mass is 391 g/mol. The van der Waals surface area contributed by atoms with Gasteiger partial charge < -0.3 is 14.0 Å². The number of aromatic nitrogens is 2. The predicted molar refractivity (Wildman–Crippen MR) is 106 cm³/mol. The van der Waals surface area contributed by atoms with E-state index in [4.69, 9.17) is 14.0 Å². The molecule has 1 aliphatic heterocycles. The van der Waals surface area contributed by atoms with Crippen LogP contribution in [0.4, 0.5) is 5.69 Å². The van der Waals surface area contributed by atoms with E-state index < -0.39 is 0 Å². The number of benzene rings is 2. The smallest absolute Gasteiger partial charge is 0.262 e. The van der Waals surface area contributed by atoms with Crippen LogP contribution in [0.25, 0.3) is 0 Å². The van der Waals surface area contributed by atoms with Gasteiger partial charge in [-0.1, -0.05) is 23.4 Å². The molecule has 29 heavy (non-hydrogen) atoms. The third kappa shape index (κ3) is 3.03. The van der Waals surface area contributed by atoms with Crippen LogP contribution >= 0.6 is 0 Å². The molecule has 2 aliphatic rings. The fourth-order valence-electron chi connectivity index (χ4n) is 3.83. The average molecular weight is 391 g/mol. The largest absolute Gasteiger partial charge is 0.497 e. The summed E-state index contributed by atoms with van der Waals surface area (Å²) in [6.45, 7) is 0. The fourth-order valence-corrected chi connectivity index (χ4v) is 3.83. The maximum atomic E-state index is 13.6. The molecule has 0 radical (unpaired) electrons. The zero-order chi connectivity index (χ0) is 20.0. The number of carbonyl (C=O) groups excluding carboxylic acids is 1. The highest BCUT2D eigenvalue weighted by Crippen LogP contribution is 2.43. The Balaban J connectivity index is 1.56. The van der Waals surface area contributed by atoms with Gasteiger partial charge in [0, 0.05) is 24.1 Å². The van der Waals surface area contributed by atoms with E-state index in [0.717, 1.165) is 29.9 Å². The summed E-state index contributed by atoms with van der Waals surface area (Å²) >= 11 is 0. The van der Waals surface area contributed by atoms with Gasteiger partial charge in [-0.3, -0.25) is 9.69 Å². The van der Waals surface area contributed by atoms with E-state index in [-0.39, 0.29) is 11.9 Å². The zero-order valence-corrected chi connectivity index (χ0v) is 16.3. The van der Waals surface area contributed by atoms with Crippen molar-refractivity contribution in [2.24, 2.45) is 0 Å². The number of methoxy groups -OCH3 is 2. The lowest BCUT2D eigenvalue weighted by Crippen LogP contribution is -2.32. The van der Waals surface area contributed by atoms with Gasteiger partial charge in [-0.2, -0.15) is 4.98 Å². The Morgan fingerprint density at radius 3 is 2.72 bits per heavy atom. The van der Waals surface area contributed by atoms with E-state index in [0.29, 0.717) is 35.3 Å². The van der Waals surface area contributed by atoms with Gasteiger partial charge in [-0.05, 0) is 36.6 Å². The highest BCUT2D eigenvalue weighted by atomic mass is 16.5. The molecule has 1 amide bonds. The summed E-state index contributed by atoms with van der Waals surface area (Å²) in [6.07, 6.45) is 2.82. The molecule has 0 bridgehead atoms. The van der Waals surface area contributed by atoms with Crippen molar-refractivity contribution in [3.05, 3.63) is 65.3 Å². The number of amides is 1. The van der Waals surface area contributed by atoms with Crippen molar-refractivity contribution in [1.82, 2.24) is 10.1 Å². The Morgan fingerprint density at radius 1 is 1.14 bits per heavy atom. The highest BCUT2D eigenvalue weighted by Gasteiger charge is 2.40. The van der Waals surface area contributed by atoms with E-state index in [1.807, 2.05) is 24.3 Å². The van der Waals surface area contributed by atoms with Crippen LogP contribution in [0, 0.1) is 0 Å². The standard InChI is InChI=1S/C22H21N3O4/c1-27-15-9-10-16(19(12-15)28-2)22(26)25-17-6-4-3-5-14(17)11-18(25)21-23-20(24-29-21)13-7-8-13/h3-6,9-10,12-13,18H,7-8,11H2,1-2H3. The Hall–Kier alpha value is -3.35. The van der Waals surface area contributed by atoms with Crippen LogP contribution in [0.5, 0.6) is 11.5 Å². The van der Waals surface area contributed by atoms with E-state index in [9.17, 15) is 4.79 Å². The number of hydrogen-bond donors (Lipinski definition) is 0. The first-order chi connectivity index (χ1) is 14.2. The first-order valence-electron chi connectivity index (χ1n) is 9.66. The quantitative estimate of drug-likeness (QED) is 0.656. The van der Waals surface area contributed by atoms with Crippen molar-refractivity contribution in [2.75, 3.05) is 19.1 Å². The van der Waals surface area contributed by atoms with Crippen LogP contribution in [-0.2, 0) is 6.42 Å². The molecular formula is C22H21N3O4. The molecule has 1 fully saturated rings. The minimum atomic E-state index is -0.341. The van der Waals surface area contributed by atoms with Gasteiger partial charge in [0.1, 0.15) is 17.5 Å². The number of fused-ring (bicyclic) bond motifs is 1. The van der Waals surface area contributed by atoms with Crippen LogP contribution in [0.1, 0.15) is 52.4 Å². The number of rotatable bonds is 5. The number of anilines is 1. The summed E-state index contributed by atoms with van der Waals surface area (Å²) in [6, 6.07) is 12.7. The van der Waals surface area contributed by atoms with Crippen LogP contribution in [0.2, 0.25) is 0 Å². The molecule has 1 unspecified atom stereocenters. The summed E-state index contributed by atoms with van der Waals surface area (Å²) in [5.41, 5.74) is 2.38. The third-order valence-electron chi connectivity index (χ3n) is 5.52. The molecule has 2 heterocycles. The Kier molecular flexibility index (Phi) is 4.23. The van der Waals surface area contributed by atoms with Crippen molar-refractivity contribution < 1.29 is 18.8 Å². The van der Waals surface area contributed by atoms with Crippen LogP contribution in [-0.4, -0.2) is 30.3 Å². The van der Waals surface area contributed by atoms with Crippen molar-refractivity contribution >= 4 is 11.6 Å². The minimum absolute atomic E-state index is 0.175. The molecule has 5 rings (SSSR count). The number of nitrogens with zero attached hydrogens (tertiary/aromatic N) is 3. The third-order valence-corrected chi connectivity index (χ3v) is 5.52. The summed E-state index contributed by atoms with van der Waals surface area (Å²) < 4.78 is 16.3. The Bertz CT molecular complexity index is 1070. The fraction of sp³-hybridized carbons (Fsp3) is 0.318. The summed E-state index contributed by atoms with van der Waals surface area (Å²) in [7, 11) is 3.12. The van der Waals surface area contributed by atoms with Gasteiger partial charge in [0.2, 0.25) is 5.89 Å². The second-order valence-corrected chi connectivity index (χ2v) is 7.36. The molecule has 1 aromatic heterocycles. The van der Waals surface area contributed by atoms with E-state index in [2.05, 4.69) is 10.1 Å². The lowest BCUT2D eigenvalue weighted by molar-refractivity contribution is 0.0971. The molecule has 7 nitrogen and oxygen atoms in total. The maximum absolute atomic E-state index is 13.6. The molecule has 0 N–H and O–H groups in total. The molecular weight excluding hydrogens is 370 g/mol. The molecule has 0 saturated heterocycles. The number of para-hydroxylation sites is 1. The lowest BCUT2D eigenvalue weighted by Gasteiger charge is -2.24. The second-order valence-electron chi connectivity index (χ2n) is 7.36. The predicted octanol–water partition coefficient (Wildman–Crippen LogP) is 3.91. The van der Waals surface area contributed by atoms with Gasteiger partial charge in [0.25, 0.3) is 5.91 Å². The summed E-state index contributed by atoms with van der Waals surface area (Å²) in [5, 5.41) is 4.14. The van der Waals surface area contributed by atoms with Crippen molar-refractivity contribution in [3.63, 3.8) is 0 Å². The Morgan fingerprint density at radius 2 is 1.97 bits per heavy atom. The van der Waals surface area contributed by atoms with Gasteiger partial charge >= 0.3 is 0 Å². The number of ether oxygens (including phenoxy) is 2. The second kappa shape index (κ2) is 6.92. The zero-order valence-electron chi connectivity index (χ0n) is 16.3. The number of carbonyl (C=O) groups is 1. The molecule has 1 aliphatic carbocycles. The lowest BCUT2D eigenvalue weighted by atomic mass is 10.1. The van der Waals surface area contributed by atoms with Crippen LogP contribution < -0.4 is 14.4 Å². The van der Waals surface area contributed by atoms with Crippen molar-refractivity contribution in [3.8, 4) is 11.5 Å². The van der Waals surface area contributed by atoms with Crippen molar-refractivity contribution in [1.29, 1.82) is 0 Å². The van der Waals surface area contributed by atoms with Gasteiger partial charge in [-0.15, -0.1) is 0 Å². The normalized spacial score (nSPS) is 17.9. The maximum Gasteiger partial charge on any atom is 0.262 e. The first kappa shape index (κ1) is 17.7. The number of hydrogen-bond acceptors (Lipinski definition) is 6. The molecule has 1 saturated carbocycles. The molecule has 0 spiro atoms. The van der Waals surface area contributed by atoms with Crippen LogP contribution in [0.3, 0.4) is 0 Å². The van der Waals surface area contributed by atoms with Crippen molar-refractivity contribution in [2.45, 2.75) is 31.2 Å². The molecule has 3 aromatic rings. The van der Waals surface area contributed by atoms with E-state index in [1.54, 1.807) is 37.3 Å². The van der Waals surface area contributed by atoms with Gasteiger partial charge in [-0.25, -0.2) is 0 Å². The average Bonchev–Trinajstić information content (AvgIpc) is 3.36. The minimum Gasteiger partial charge on any atom is -0.497 e. The molecule has 2 aromatic carbocycles.